The molecule has 0 N–H and O–H groups in total. The SMILES string of the molecule is CCCc1cc(C(=O)OCC)c(=O)n2cc(F)cc(C)c12. The summed E-state index contributed by atoms with van der Waals surface area (Å²) in [6, 6.07) is 2.96. The summed E-state index contributed by atoms with van der Waals surface area (Å²) in [5.41, 5.74) is 1.58. The van der Waals surface area contributed by atoms with Crippen molar-refractivity contribution in [1.82, 2.24) is 4.40 Å². The van der Waals surface area contributed by atoms with Crippen molar-refractivity contribution in [3.63, 3.8) is 0 Å². The van der Waals surface area contributed by atoms with E-state index < -0.39 is 17.3 Å². The van der Waals surface area contributed by atoms with E-state index in [0.29, 0.717) is 17.5 Å². The summed E-state index contributed by atoms with van der Waals surface area (Å²) in [6.07, 6.45) is 2.67. The molecule has 112 valence electrons. The molecule has 0 bridgehead atoms. The number of pyridine rings is 2. The van der Waals surface area contributed by atoms with Crippen molar-refractivity contribution in [3.05, 3.63) is 51.2 Å². The minimum Gasteiger partial charge on any atom is -0.462 e. The summed E-state index contributed by atoms with van der Waals surface area (Å²) >= 11 is 0. The van der Waals surface area contributed by atoms with Crippen molar-refractivity contribution in [1.29, 1.82) is 0 Å². The molecule has 21 heavy (non-hydrogen) atoms. The lowest BCUT2D eigenvalue weighted by molar-refractivity contribution is 0.0524. The van der Waals surface area contributed by atoms with E-state index >= 15 is 0 Å². The number of esters is 1. The second-order valence-corrected chi connectivity index (χ2v) is 4.92. The van der Waals surface area contributed by atoms with Gasteiger partial charge in [-0.3, -0.25) is 9.20 Å². The largest absolute Gasteiger partial charge is 0.462 e. The number of carbonyl (C=O) groups is 1. The number of hydrogen-bond donors (Lipinski definition) is 0. The number of halogens is 1. The quantitative estimate of drug-likeness (QED) is 0.814. The van der Waals surface area contributed by atoms with Gasteiger partial charge in [-0.25, -0.2) is 9.18 Å². The summed E-state index contributed by atoms with van der Waals surface area (Å²) in [4.78, 5) is 24.3. The molecule has 0 aliphatic carbocycles. The maximum Gasteiger partial charge on any atom is 0.343 e. The van der Waals surface area contributed by atoms with Gasteiger partial charge in [-0.15, -0.1) is 0 Å². The smallest absolute Gasteiger partial charge is 0.343 e. The Morgan fingerprint density at radius 3 is 2.67 bits per heavy atom. The minimum atomic E-state index is -0.670. The molecule has 0 aliphatic heterocycles. The molecular formula is C16H18FNO3. The molecular weight excluding hydrogens is 273 g/mol. The number of rotatable bonds is 4. The third-order valence-corrected chi connectivity index (χ3v) is 3.31. The van der Waals surface area contributed by atoms with Gasteiger partial charge in [0.15, 0.2) is 0 Å². The first-order valence-corrected chi connectivity index (χ1v) is 7.01. The van der Waals surface area contributed by atoms with Gasteiger partial charge in [-0.2, -0.15) is 0 Å². The third-order valence-electron chi connectivity index (χ3n) is 3.31. The Bertz CT molecular complexity index is 749. The predicted molar refractivity (Wildman–Crippen MR) is 78.3 cm³/mol. The van der Waals surface area contributed by atoms with Crippen LogP contribution in [-0.4, -0.2) is 17.0 Å². The fourth-order valence-corrected chi connectivity index (χ4v) is 2.51. The van der Waals surface area contributed by atoms with Gasteiger partial charge in [-0.1, -0.05) is 13.3 Å². The summed E-state index contributed by atoms with van der Waals surface area (Å²) in [7, 11) is 0. The fraction of sp³-hybridized carbons (Fsp3) is 0.375. The molecule has 0 unspecified atom stereocenters. The molecule has 0 spiro atoms. The molecule has 0 aromatic carbocycles. The summed E-state index contributed by atoms with van der Waals surface area (Å²) < 4.78 is 19.7. The lowest BCUT2D eigenvalue weighted by atomic mass is 10.0. The molecule has 2 aromatic heterocycles. The van der Waals surface area contributed by atoms with E-state index in [9.17, 15) is 14.0 Å². The lowest BCUT2D eigenvalue weighted by Gasteiger charge is -2.12. The van der Waals surface area contributed by atoms with Crippen LogP contribution in [0.15, 0.2) is 23.1 Å². The number of ether oxygens (including phenoxy) is 1. The Hall–Kier alpha value is -2.17. The first-order valence-electron chi connectivity index (χ1n) is 7.01. The van der Waals surface area contributed by atoms with E-state index in [1.807, 2.05) is 6.92 Å². The van der Waals surface area contributed by atoms with Gasteiger partial charge in [0.05, 0.1) is 12.1 Å². The number of hydrogen-bond acceptors (Lipinski definition) is 3. The second kappa shape index (κ2) is 6.08. The molecule has 0 atom stereocenters. The van der Waals surface area contributed by atoms with Crippen molar-refractivity contribution >= 4 is 11.5 Å². The topological polar surface area (TPSA) is 47.8 Å². The van der Waals surface area contributed by atoms with Crippen LogP contribution in [0.5, 0.6) is 0 Å². The number of nitrogens with zero attached hydrogens (tertiary/aromatic N) is 1. The molecule has 0 saturated heterocycles. The zero-order chi connectivity index (χ0) is 15.6. The van der Waals surface area contributed by atoms with Crippen LogP contribution in [0.1, 0.15) is 41.8 Å². The Morgan fingerprint density at radius 1 is 1.33 bits per heavy atom. The van der Waals surface area contributed by atoms with E-state index in [4.69, 9.17) is 4.74 Å². The molecule has 0 radical (unpaired) electrons. The molecule has 2 heterocycles. The average Bonchev–Trinajstić information content (AvgIpc) is 2.42. The van der Waals surface area contributed by atoms with Gasteiger partial charge >= 0.3 is 5.97 Å². The number of fused-ring (bicyclic) bond motifs is 1. The zero-order valence-electron chi connectivity index (χ0n) is 12.4. The molecule has 0 saturated carbocycles. The van der Waals surface area contributed by atoms with Gasteiger partial charge in [0.25, 0.3) is 5.56 Å². The van der Waals surface area contributed by atoms with Crippen LogP contribution in [-0.2, 0) is 11.2 Å². The Morgan fingerprint density at radius 2 is 2.05 bits per heavy atom. The molecule has 5 heteroatoms. The normalized spacial score (nSPS) is 10.9. The van der Waals surface area contributed by atoms with E-state index in [2.05, 4.69) is 0 Å². The summed E-state index contributed by atoms with van der Waals surface area (Å²) in [6.45, 7) is 5.62. The van der Waals surface area contributed by atoms with Crippen LogP contribution in [0.25, 0.3) is 5.52 Å². The van der Waals surface area contributed by atoms with E-state index in [1.165, 1.54) is 10.5 Å². The first-order chi connectivity index (χ1) is 9.99. The Balaban J connectivity index is 2.82. The number of aryl methyl sites for hydroxylation is 2. The van der Waals surface area contributed by atoms with Gasteiger partial charge in [-0.05, 0) is 43.5 Å². The van der Waals surface area contributed by atoms with Crippen molar-refractivity contribution in [3.8, 4) is 0 Å². The van der Waals surface area contributed by atoms with Crippen molar-refractivity contribution in [2.45, 2.75) is 33.6 Å². The maximum absolute atomic E-state index is 13.6. The van der Waals surface area contributed by atoms with Crippen molar-refractivity contribution < 1.29 is 13.9 Å². The van der Waals surface area contributed by atoms with Crippen molar-refractivity contribution in [2.24, 2.45) is 0 Å². The molecule has 2 aromatic rings. The monoisotopic (exact) mass is 291 g/mol. The van der Waals surface area contributed by atoms with Crippen LogP contribution in [0.4, 0.5) is 4.39 Å². The summed E-state index contributed by atoms with van der Waals surface area (Å²) in [5.74, 6) is -1.18. The van der Waals surface area contributed by atoms with Crippen molar-refractivity contribution in [2.75, 3.05) is 6.61 Å². The number of aromatic nitrogens is 1. The third kappa shape index (κ3) is 2.82. The number of carbonyl (C=O) groups excluding carboxylic acids is 1. The highest BCUT2D eigenvalue weighted by molar-refractivity contribution is 5.90. The summed E-state index contributed by atoms with van der Waals surface area (Å²) in [5, 5.41) is 0. The van der Waals surface area contributed by atoms with Crippen LogP contribution in [0.2, 0.25) is 0 Å². The minimum absolute atomic E-state index is 0.0530. The van der Waals surface area contributed by atoms with Gasteiger partial charge in [0, 0.05) is 6.20 Å². The molecule has 2 rings (SSSR count). The molecule has 4 nitrogen and oxygen atoms in total. The fourth-order valence-electron chi connectivity index (χ4n) is 2.51. The maximum atomic E-state index is 13.6. The van der Waals surface area contributed by atoms with Crippen LogP contribution < -0.4 is 5.56 Å². The first kappa shape index (κ1) is 15.2. The average molecular weight is 291 g/mol. The lowest BCUT2D eigenvalue weighted by Crippen LogP contribution is -2.25. The predicted octanol–water partition coefficient (Wildman–Crippen LogP) is 2.88. The molecule has 0 aliphatic rings. The molecule has 0 amide bonds. The van der Waals surface area contributed by atoms with E-state index in [-0.39, 0.29) is 12.2 Å². The zero-order valence-corrected chi connectivity index (χ0v) is 12.4. The van der Waals surface area contributed by atoms with Crippen LogP contribution >= 0.6 is 0 Å². The van der Waals surface area contributed by atoms with Gasteiger partial charge in [0.1, 0.15) is 11.4 Å². The Labute approximate surface area is 122 Å². The molecule has 0 fully saturated rings. The highest BCUT2D eigenvalue weighted by Crippen LogP contribution is 2.18. The van der Waals surface area contributed by atoms with E-state index in [0.717, 1.165) is 18.2 Å². The van der Waals surface area contributed by atoms with E-state index in [1.54, 1.807) is 19.9 Å². The standard InChI is InChI=1S/C16H18FNO3/c1-4-6-11-8-13(16(20)21-5-2)15(19)18-9-12(17)7-10(3)14(11)18/h7-9H,4-6H2,1-3H3. The second-order valence-electron chi connectivity index (χ2n) is 4.92. The van der Waals surface area contributed by atoms with Gasteiger partial charge in [0.2, 0.25) is 0 Å². The highest BCUT2D eigenvalue weighted by atomic mass is 19.1. The van der Waals surface area contributed by atoms with Crippen LogP contribution in [0, 0.1) is 12.7 Å². The highest BCUT2D eigenvalue weighted by Gasteiger charge is 2.18. The van der Waals surface area contributed by atoms with Gasteiger partial charge < -0.3 is 4.74 Å². The van der Waals surface area contributed by atoms with Crippen LogP contribution in [0.3, 0.4) is 0 Å². The Kier molecular flexibility index (Phi) is 4.40.